The minimum atomic E-state index is -0.113. The molecule has 0 radical (unpaired) electrons. The predicted molar refractivity (Wildman–Crippen MR) is 113 cm³/mol. The van der Waals surface area contributed by atoms with Crippen molar-refractivity contribution in [3.05, 3.63) is 65.4 Å². The first-order chi connectivity index (χ1) is 11.5. The lowest BCUT2D eigenvalue weighted by atomic mass is 10.00. The van der Waals surface area contributed by atoms with Crippen LogP contribution in [0.3, 0.4) is 0 Å². The highest BCUT2D eigenvalue weighted by Crippen LogP contribution is 2.38. The molecule has 1 saturated heterocycles. The smallest absolute Gasteiger partial charge is 0.110 e. The molecule has 2 aromatic rings. The van der Waals surface area contributed by atoms with Crippen molar-refractivity contribution >= 4 is 63.7 Å². The molecule has 0 unspecified atom stereocenters. The highest BCUT2D eigenvalue weighted by Gasteiger charge is 2.25. The quantitative estimate of drug-likeness (QED) is 0.439. The zero-order valence-corrected chi connectivity index (χ0v) is 19.2. The first kappa shape index (κ1) is 19.1. The van der Waals surface area contributed by atoms with Gasteiger partial charge in [-0.05, 0) is 61.3 Å². The van der Waals surface area contributed by atoms with E-state index >= 15 is 0 Å². The molecular weight excluding hydrogens is 566 g/mol. The Labute approximate surface area is 176 Å². The van der Waals surface area contributed by atoms with Crippen molar-refractivity contribution in [3.8, 4) is 0 Å². The fourth-order valence-electron chi connectivity index (χ4n) is 2.87. The van der Waals surface area contributed by atoms with Gasteiger partial charge in [-0.25, -0.2) is 0 Å². The molecule has 0 bridgehead atoms. The molecule has 0 saturated carbocycles. The van der Waals surface area contributed by atoms with Gasteiger partial charge in [-0.15, -0.1) is 0 Å². The van der Waals surface area contributed by atoms with Crippen molar-refractivity contribution in [1.82, 2.24) is 5.32 Å². The second-order valence-electron chi connectivity index (χ2n) is 5.80. The molecule has 1 aliphatic heterocycles. The summed E-state index contributed by atoms with van der Waals surface area (Å²) in [5, 5.41) is 3.39. The van der Waals surface area contributed by atoms with Gasteiger partial charge in [0.25, 0.3) is 0 Å². The molecule has 6 heteroatoms. The van der Waals surface area contributed by atoms with Crippen LogP contribution in [0.5, 0.6) is 0 Å². The molecule has 24 heavy (non-hydrogen) atoms. The fraction of sp³-hybridized carbons (Fsp3) is 0.333. The Morgan fingerprint density at radius 2 is 1.33 bits per heavy atom. The number of piperidine rings is 1. The second-order valence-corrected chi connectivity index (χ2v) is 9.34. The van der Waals surface area contributed by atoms with Gasteiger partial charge in [-0.3, -0.25) is 0 Å². The Kier molecular flexibility index (Phi) is 6.97. The van der Waals surface area contributed by atoms with Crippen molar-refractivity contribution in [2.24, 2.45) is 0 Å². The fourth-order valence-corrected chi connectivity index (χ4v) is 5.38. The molecule has 2 nitrogen and oxygen atoms in total. The summed E-state index contributed by atoms with van der Waals surface area (Å²) in [7, 11) is 0. The number of hydrogen-bond acceptors (Lipinski definition) is 2. The Hall–Kier alpha value is 0.280. The standard InChI is InChI=1S/C18H17Br4NO/c19-11-1-3-14(16(21)9-11)18(24-13-5-7-23-8-6-13)15-4-2-12(20)10-17(15)22/h1-4,9-10,13,18,23H,5-8H2. The van der Waals surface area contributed by atoms with E-state index in [9.17, 15) is 0 Å². The van der Waals surface area contributed by atoms with Gasteiger partial charge in [0.05, 0.1) is 6.10 Å². The molecule has 0 amide bonds. The molecule has 0 spiro atoms. The van der Waals surface area contributed by atoms with Gasteiger partial charge < -0.3 is 10.1 Å². The van der Waals surface area contributed by atoms with E-state index in [0.29, 0.717) is 0 Å². The topological polar surface area (TPSA) is 21.3 Å². The van der Waals surface area contributed by atoms with E-state index in [-0.39, 0.29) is 12.2 Å². The number of halogens is 4. The third-order valence-corrected chi connectivity index (χ3v) is 6.46. The maximum Gasteiger partial charge on any atom is 0.110 e. The highest BCUT2D eigenvalue weighted by atomic mass is 79.9. The summed E-state index contributed by atoms with van der Waals surface area (Å²) in [6, 6.07) is 12.5. The van der Waals surface area contributed by atoms with Crippen LogP contribution in [-0.4, -0.2) is 19.2 Å². The van der Waals surface area contributed by atoms with Crippen molar-refractivity contribution < 1.29 is 4.74 Å². The van der Waals surface area contributed by atoms with Gasteiger partial charge in [0.15, 0.2) is 0 Å². The van der Waals surface area contributed by atoms with E-state index in [1.165, 1.54) is 0 Å². The van der Waals surface area contributed by atoms with Crippen LogP contribution in [0.4, 0.5) is 0 Å². The molecule has 0 aromatic heterocycles. The average Bonchev–Trinajstić information content (AvgIpc) is 2.55. The molecule has 0 atom stereocenters. The Bertz CT molecular complexity index is 665. The number of hydrogen-bond donors (Lipinski definition) is 1. The van der Waals surface area contributed by atoms with Crippen LogP contribution in [0.15, 0.2) is 54.3 Å². The van der Waals surface area contributed by atoms with Gasteiger partial charge in [0.1, 0.15) is 6.10 Å². The molecule has 1 N–H and O–H groups in total. The summed E-state index contributed by atoms with van der Waals surface area (Å²) in [6.45, 7) is 2.03. The first-order valence-electron chi connectivity index (χ1n) is 7.80. The molecular formula is C18H17Br4NO. The van der Waals surface area contributed by atoms with Crippen LogP contribution in [-0.2, 0) is 4.74 Å². The summed E-state index contributed by atoms with van der Waals surface area (Å²) in [5.41, 5.74) is 2.28. The van der Waals surface area contributed by atoms with Gasteiger partial charge in [-0.2, -0.15) is 0 Å². The van der Waals surface area contributed by atoms with Crippen LogP contribution in [0, 0.1) is 0 Å². The van der Waals surface area contributed by atoms with E-state index < -0.39 is 0 Å². The van der Waals surface area contributed by atoms with E-state index in [0.717, 1.165) is 54.9 Å². The normalized spacial score (nSPS) is 15.9. The molecule has 0 aliphatic carbocycles. The SMILES string of the molecule is Brc1ccc(C(OC2CCNCC2)c2ccc(Br)cc2Br)c(Br)c1. The number of nitrogens with one attached hydrogen (secondary N) is 1. The van der Waals surface area contributed by atoms with Crippen LogP contribution in [0.2, 0.25) is 0 Å². The molecule has 1 heterocycles. The third kappa shape index (κ3) is 4.71. The Morgan fingerprint density at radius 1 is 0.833 bits per heavy atom. The van der Waals surface area contributed by atoms with E-state index in [2.05, 4.69) is 105 Å². The number of ether oxygens (including phenoxy) is 1. The number of rotatable bonds is 4. The predicted octanol–water partition coefficient (Wildman–Crippen LogP) is 6.59. The summed E-state index contributed by atoms with van der Waals surface area (Å²) in [6.07, 6.45) is 2.23. The van der Waals surface area contributed by atoms with Gasteiger partial charge in [0.2, 0.25) is 0 Å². The molecule has 2 aromatic carbocycles. The molecule has 1 fully saturated rings. The van der Waals surface area contributed by atoms with Crippen molar-refractivity contribution in [2.75, 3.05) is 13.1 Å². The van der Waals surface area contributed by atoms with Crippen LogP contribution in [0.1, 0.15) is 30.1 Å². The summed E-state index contributed by atoms with van der Waals surface area (Å²) < 4.78 is 10.8. The lowest BCUT2D eigenvalue weighted by Crippen LogP contribution is -2.33. The van der Waals surface area contributed by atoms with Gasteiger partial charge >= 0.3 is 0 Å². The third-order valence-electron chi connectivity index (χ3n) is 4.10. The minimum absolute atomic E-state index is 0.113. The molecule has 128 valence electrons. The lowest BCUT2D eigenvalue weighted by Gasteiger charge is -2.30. The van der Waals surface area contributed by atoms with E-state index in [4.69, 9.17) is 4.74 Å². The maximum absolute atomic E-state index is 6.57. The summed E-state index contributed by atoms with van der Waals surface area (Å²) >= 11 is 14.5. The first-order valence-corrected chi connectivity index (χ1v) is 11.0. The molecule has 3 rings (SSSR count). The Morgan fingerprint density at radius 3 is 1.79 bits per heavy atom. The maximum atomic E-state index is 6.57. The molecule has 1 aliphatic rings. The summed E-state index contributed by atoms with van der Waals surface area (Å²) in [5.74, 6) is 0. The largest absolute Gasteiger partial charge is 0.365 e. The van der Waals surface area contributed by atoms with Crippen LogP contribution >= 0.6 is 63.7 Å². The van der Waals surface area contributed by atoms with E-state index in [1.54, 1.807) is 0 Å². The van der Waals surface area contributed by atoms with Crippen molar-refractivity contribution in [1.29, 1.82) is 0 Å². The van der Waals surface area contributed by atoms with Crippen LogP contribution in [0.25, 0.3) is 0 Å². The zero-order chi connectivity index (χ0) is 17.1. The monoisotopic (exact) mass is 579 g/mol. The minimum Gasteiger partial charge on any atom is -0.365 e. The summed E-state index contributed by atoms with van der Waals surface area (Å²) in [4.78, 5) is 0. The van der Waals surface area contributed by atoms with Gasteiger partial charge in [0, 0.05) is 17.9 Å². The van der Waals surface area contributed by atoms with Crippen molar-refractivity contribution in [3.63, 3.8) is 0 Å². The average molecular weight is 583 g/mol. The highest BCUT2D eigenvalue weighted by molar-refractivity contribution is 9.11. The van der Waals surface area contributed by atoms with Crippen molar-refractivity contribution in [2.45, 2.75) is 25.0 Å². The van der Waals surface area contributed by atoms with Gasteiger partial charge in [-0.1, -0.05) is 75.9 Å². The number of benzene rings is 2. The van der Waals surface area contributed by atoms with Crippen LogP contribution < -0.4 is 5.32 Å². The second kappa shape index (κ2) is 8.78. The van der Waals surface area contributed by atoms with E-state index in [1.807, 2.05) is 0 Å². The lowest BCUT2D eigenvalue weighted by molar-refractivity contribution is -0.00867. The zero-order valence-electron chi connectivity index (χ0n) is 12.9. The Balaban J connectivity index is 1.99.